The molecule has 0 radical (unpaired) electrons. The van der Waals surface area contributed by atoms with Crippen LogP contribution in [0.2, 0.25) is 0 Å². The molecule has 2 fully saturated rings. The molecule has 4 nitrogen and oxygen atoms in total. The number of aliphatic carboxylic acids is 1. The number of carbonyl (C=O) groups is 2. The monoisotopic (exact) mass is 279 g/mol. The van der Waals surface area contributed by atoms with E-state index in [0.717, 1.165) is 4.90 Å². The summed E-state index contributed by atoms with van der Waals surface area (Å²) in [7, 11) is 0. The van der Waals surface area contributed by atoms with Gasteiger partial charge in [-0.3, -0.25) is 9.59 Å². The van der Waals surface area contributed by atoms with Crippen LogP contribution in [0.5, 0.6) is 0 Å². The van der Waals surface area contributed by atoms with E-state index in [-0.39, 0.29) is 32.2 Å². The Hall–Kier alpha value is -1.27. The highest BCUT2D eigenvalue weighted by Gasteiger charge is 2.54. The molecule has 0 aromatic heterocycles. The number of carboxylic acids is 1. The number of hydrogen-bond donors (Lipinski definition) is 1. The van der Waals surface area contributed by atoms with Crippen molar-refractivity contribution in [3.8, 4) is 0 Å². The van der Waals surface area contributed by atoms with Crippen LogP contribution in [0, 0.1) is 11.3 Å². The smallest absolute Gasteiger partial charge is 0.393 e. The zero-order chi connectivity index (χ0) is 14.3. The Morgan fingerprint density at radius 3 is 2.26 bits per heavy atom. The number of hydrogen-bond acceptors (Lipinski definition) is 2. The second kappa shape index (κ2) is 4.68. The lowest BCUT2D eigenvalue weighted by atomic mass is 9.67. The number of halogens is 3. The second-order valence-electron chi connectivity index (χ2n) is 5.37. The summed E-state index contributed by atoms with van der Waals surface area (Å²) in [5.41, 5.74) is -1.46. The third-order valence-corrected chi connectivity index (χ3v) is 4.20. The Morgan fingerprint density at radius 1 is 1.21 bits per heavy atom. The highest BCUT2D eigenvalue weighted by molar-refractivity contribution is 6.02. The van der Waals surface area contributed by atoms with Crippen LogP contribution in [0.25, 0.3) is 0 Å². The maximum atomic E-state index is 12.7. The molecule has 1 N–H and O–H groups in total. The molecule has 1 saturated carbocycles. The topological polar surface area (TPSA) is 57.6 Å². The zero-order valence-corrected chi connectivity index (χ0v) is 10.4. The van der Waals surface area contributed by atoms with Crippen molar-refractivity contribution in [1.29, 1.82) is 0 Å². The van der Waals surface area contributed by atoms with Crippen molar-refractivity contribution in [2.24, 2.45) is 11.3 Å². The van der Waals surface area contributed by atoms with Crippen LogP contribution < -0.4 is 0 Å². The Bertz CT molecular complexity index is 390. The van der Waals surface area contributed by atoms with Crippen molar-refractivity contribution in [3.63, 3.8) is 0 Å². The average molecular weight is 279 g/mol. The molecular formula is C12H16F3NO3. The lowest BCUT2D eigenvalue weighted by Crippen LogP contribution is -2.55. The summed E-state index contributed by atoms with van der Waals surface area (Å²) in [5.74, 6) is -3.38. The summed E-state index contributed by atoms with van der Waals surface area (Å²) in [6.45, 7) is -0.183. The standard InChI is InChI=1S/C12H16F3NO3/c13-12(14,15)8-3-1-6-16(7-8)9(17)11(10(18)19)4-2-5-11/h8H,1-7H2,(H,18,19). The summed E-state index contributed by atoms with van der Waals surface area (Å²) in [6, 6.07) is 0. The molecule has 0 bridgehead atoms. The van der Waals surface area contributed by atoms with E-state index in [0.29, 0.717) is 6.42 Å². The number of likely N-dealkylation sites (tertiary alicyclic amines) is 1. The Kier molecular flexibility index (Phi) is 3.49. The van der Waals surface area contributed by atoms with Crippen molar-refractivity contribution in [1.82, 2.24) is 4.90 Å². The largest absolute Gasteiger partial charge is 0.480 e. The van der Waals surface area contributed by atoms with Gasteiger partial charge in [0.25, 0.3) is 0 Å². The van der Waals surface area contributed by atoms with Gasteiger partial charge in [0, 0.05) is 13.1 Å². The first-order valence-corrected chi connectivity index (χ1v) is 6.37. The minimum atomic E-state index is -4.32. The van der Waals surface area contributed by atoms with Gasteiger partial charge in [0.15, 0.2) is 0 Å². The number of carbonyl (C=O) groups excluding carboxylic acids is 1. The van der Waals surface area contributed by atoms with Gasteiger partial charge in [-0.15, -0.1) is 0 Å². The molecule has 0 aromatic carbocycles. The number of nitrogens with zero attached hydrogens (tertiary/aromatic N) is 1. The molecule has 0 spiro atoms. The van der Waals surface area contributed by atoms with Gasteiger partial charge >= 0.3 is 12.1 Å². The van der Waals surface area contributed by atoms with Crippen molar-refractivity contribution in [2.75, 3.05) is 13.1 Å². The molecule has 0 aromatic rings. The minimum Gasteiger partial charge on any atom is -0.480 e. The highest BCUT2D eigenvalue weighted by atomic mass is 19.4. The summed E-state index contributed by atoms with van der Waals surface area (Å²) < 4.78 is 38.0. The van der Waals surface area contributed by atoms with Crippen LogP contribution in [0.1, 0.15) is 32.1 Å². The van der Waals surface area contributed by atoms with E-state index in [1.165, 1.54) is 0 Å². The molecule has 1 unspecified atom stereocenters. The third kappa shape index (κ3) is 2.42. The molecule has 1 saturated heterocycles. The summed E-state index contributed by atoms with van der Waals surface area (Å²) in [6.07, 6.45) is -2.95. The van der Waals surface area contributed by atoms with E-state index >= 15 is 0 Å². The van der Waals surface area contributed by atoms with E-state index in [1.54, 1.807) is 0 Å². The van der Waals surface area contributed by atoms with Crippen molar-refractivity contribution in [3.05, 3.63) is 0 Å². The van der Waals surface area contributed by atoms with Gasteiger partial charge in [0.05, 0.1) is 5.92 Å². The van der Waals surface area contributed by atoms with E-state index in [1.807, 2.05) is 0 Å². The average Bonchev–Trinajstić information content (AvgIpc) is 2.26. The number of amides is 1. The molecular weight excluding hydrogens is 263 g/mol. The molecule has 1 amide bonds. The second-order valence-corrected chi connectivity index (χ2v) is 5.37. The van der Waals surface area contributed by atoms with Crippen LogP contribution in [0.4, 0.5) is 13.2 Å². The van der Waals surface area contributed by atoms with Crippen LogP contribution in [-0.4, -0.2) is 41.1 Å². The van der Waals surface area contributed by atoms with Gasteiger partial charge in [0.2, 0.25) is 5.91 Å². The Morgan fingerprint density at radius 2 is 1.84 bits per heavy atom. The van der Waals surface area contributed by atoms with Crippen LogP contribution in [0.3, 0.4) is 0 Å². The van der Waals surface area contributed by atoms with Gasteiger partial charge < -0.3 is 10.0 Å². The normalized spacial score (nSPS) is 26.7. The fourth-order valence-electron chi connectivity index (χ4n) is 2.78. The van der Waals surface area contributed by atoms with E-state index in [4.69, 9.17) is 5.11 Å². The molecule has 108 valence electrons. The first-order chi connectivity index (χ1) is 8.77. The van der Waals surface area contributed by atoms with Crippen LogP contribution in [0.15, 0.2) is 0 Å². The summed E-state index contributed by atoms with van der Waals surface area (Å²) in [4.78, 5) is 24.5. The molecule has 7 heteroatoms. The fraction of sp³-hybridized carbons (Fsp3) is 0.833. The maximum Gasteiger partial charge on any atom is 0.393 e. The molecule has 2 aliphatic rings. The molecule has 1 aliphatic heterocycles. The SMILES string of the molecule is O=C(O)C1(C(=O)N2CCCC(C(F)(F)F)C2)CCC1. The van der Waals surface area contributed by atoms with Gasteiger partial charge in [-0.1, -0.05) is 6.42 Å². The quantitative estimate of drug-likeness (QED) is 0.787. The van der Waals surface area contributed by atoms with Crippen molar-refractivity contribution in [2.45, 2.75) is 38.3 Å². The number of alkyl halides is 3. The maximum absolute atomic E-state index is 12.7. The predicted octanol–water partition coefficient (Wildman–Crippen LogP) is 2.04. The molecule has 1 atom stereocenters. The zero-order valence-electron chi connectivity index (χ0n) is 10.4. The fourth-order valence-corrected chi connectivity index (χ4v) is 2.78. The highest BCUT2D eigenvalue weighted by Crippen LogP contribution is 2.44. The first-order valence-electron chi connectivity index (χ1n) is 6.37. The lowest BCUT2D eigenvalue weighted by Gasteiger charge is -2.42. The predicted molar refractivity (Wildman–Crippen MR) is 59.3 cm³/mol. The number of rotatable bonds is 2. The molecule has 2 rings (SSSR count). The number of carboxylic acid groups (broad SMARTS) is 1. The van der Waals surface area contributed by atoms with Crippen LogP contribution in [-0.2, 0) is 9.59 Å². The number of piperidine rings is 1. The first kappa shape index (κ1) is 14.1. The Labute approximate surface area is 108 Å². The van der Waals surface area contributed by atoms with Gasteiger partial charge in [0.1, 0.15) is 5.41 Å². The molecule has 1 heterocycles. The lowest BCUT2D eigenvalue weighted by molar-refractivity contribution is -0.192. The molecule has 1 aliphatic carbocycles. The van der Waals surface area contributed by atoms with E-state index in [9.17, 15) is 22.8 Å². The van der Waals surface area contributed by atoms with Gasteiger partial charge in [-0.2, -0.15) is 13.2 Å². The van der Waals surface area contributed by atoms with Crippen molar-refractivity contribution >= 4 is 11.9 Å². The van der Waals surface area contributed by atoms with Crippen molar-refractivity contribution < 1.29 is 27.9 Å². The minimum absolute atomic E-state index is 0.00729. The van der Waals surface area contributed by atoms with Gasteiger partial charge in [-0.25, -0.2) is 0 Å². The third-order valence-electron chi connectivity index (χ3n) is 4.20. The van der Waals surface area contributed by atoms with Gasteiger partial charge in [-0.05, 0) is 25.7 Å². The van der Waals surface area contributed by atoms with Crippen LogP contribution >= 0.6 is 0 Å². The summed E-state index contributed by atoms with van der Waals surface area (Å²) in [5, 5.41) is 9.14. The van der Waals surface area contributed by atoms with E-state index in [2.05, 4.69) is 0 Å². The van der Waals surface area contributed by atoms with E-state index < -0.39 is 35.9 Å². The Balaban J connectivity index is 2.09. The molecule has 19 heavy (non-hydrogen) atoms. The summed E-state index contributed by atoms with van der Waals surface area (Å²) >= 11 is 0.